The van der Waals surface area contributed by atoms with E-state index in [4.69, 9.17) is 9.72 Å². The predicted octanol–water partition coefficient (Wildman–Crippen LogP) is 1.08. The molecule has 0 spiro atoms. The van der Waals surface area contributed by atoms with E-state index >= 15 is 0 Å². The standard InChI is InChI=1S/C20H25N5O3/c1-24-12-15(2-3-18(24)26)19(27)22-16-5-9-25(13-16)20-21-8-4-17(23-20)14-6-10-28-11-7-14/h2-4,8,12,14,16H,5-7,9-11,13H2,1H3,(H,22,27). The lowest BCUT2D eigenvalue weighted by Gasteiger charge is -2.23. The molecule has 4 rings (SSSR count). The molecule has 2 saturated heterocycles. The molecular weight excluding hydrogens is 358 g/mol. The minimum atomic E-state index is -0.167. The van der Waals surface area contributed by atoms with Crippen LogP contribution in [0.25, 0.3) is 0 Å². The summed E-state index contributed by atoms with van der Waals surface area (Å²) >= 11 is 0. The Labute approximate surface area is 163 Å². The first-order chi connectivity index (χ1) is 13.6. The number of anilines is 1. The van der Waals surface area contributed by atoms with Crippen molar-refractivity contribution in [2.75, 3.05) is 31.2 Å². The molecular formula is C20H25N5O3. The van der Waals surface area contributed by atoms with Crippen LogP contribution in [0.4, 0.5) is 5.95 Å². The summed E-state index contributed by atoms with van der Waals surface area (Å²) in [4.78, 5) is 35.3. The van der Waals surface area contributed by atoms with Crippen molar-refractivity contribution in [1.29, 1.82) is 0 Å². The molecule has 2 aromatic heterocycles. The molecule has 4 heterocycles. The van der Waals surface area contributed by atoms with Gasteiger partial charge in [0.15, 0.2) is 0 Å². The normalized spacial score (nSPS) is 20.3. The highest BCUT2D eigenvalue weighted by Gasteiger charge is 2.27. The minimum Gasteiger partial charge on any atom is -0.381 e. The summed E-state index contributed by atoms with van der Waals surface area (Å²) in [7, 11) is 1.64. The molecule has 1 amide bonds. The van der Waals surface area contributed by atoms with Crippen molar-refractivity contribution in [3.8, 4) is 0 Å². The zero-order valence-corrected chi connectivity index (χ0v) is 16.0. The molecule has 0 aliphatic carbocycles. The Kier molecular flexibility index (Phi) is 5.38. The van der Waals surface area contributed by atoms with Gasteiger partial charge in [-0.25, -0.2) is 9.97 Å². The van der Waals surface area contributed by atoms with Crippen LogP contribution in [0.1, 0.15) is 41.2 Å². The Balaban J connectivity index is 1.39. The van der Waals surface area contributed by atoms with Crippen LogP contribution in [0.15, 0.2) is 35.4 Å². The topological polar surface area (TPSA) is 89.3 Å². The molecule has 148 valence electrons. The molecule has 1 atom stereocenters. The van der Waals surface area contributed by atoms with Gasteiger partial charge in [-0.3, -0.25) is 9.59 Å². The van der Waals surface area contributed by atoms with Crippen LogP contribution in [-0.4, -0.2) is 52.8 Å². The number of aromatic nitrogens is 3. The highest BCUT2D eigenvalue weighted by molar-refractivity contribution is 5.94. The van der Waals surface area contributed by atoms with E-state index in [9.17, 15) is 9.59 Å². The van der Waals surface area contributed by atoms with Crippen LogP contribution >= 0.6 is 0 Å². The summed E-state index contributed by atoms with van der Waals surface area (Å²) in [6, 6.07) is 4.99. The van der Waals surface area contributed by atoms with Crippen molar-refractivity contribution in [1.82, 2.24) is 19.9 Å². The Morgan fingerprint density at radius 2 is 2.04 bits per heavy atom. The molecule has 0 saturated carbocycles. The maximum atomic E-state index is 12.5. The van der Waals surface area contributed by atoms with Crippen molar-refractivity contribution in [2.45, 2.75) is 31.2 Å². The van der Waals surface area contributed by atoms with E-state index in [1.54, 1.807) is 19.3 Å². The number of carbonyl (C=O) groups excluding carboxylic acids is 1. The molecule has 8 nitrogen and oxygen atoms in total. The van der Waals surface area contributed by atoms with E-state index in [1.807, 2.05) is 12.3 Å². The van der Waals surface area contributed by atoms with Crippen LogP contribution in [0.3, 0.4) is 0 Å². The number of carbonyl (C=O) groups is 1. The fourth-order valence-electron chi connectivity index (χ4n) is 3.79. The lowest BCUT2D eigenvalue weighted by Crippen LogP contribution is -2.37. The van der Waals surface area contributed by atoms with Crippen LogP contribution in [0, 0.1) is 0 Å². The highest BCUT2D eigenvalue weighted by atomic mass is 16.5. The van der Waals surface area contributed by atoms with Gasteiger partial charge in [-0.2, -0.15) is 0 Å². The number of pyridine rings is 1. The average Bonchev–Trinajstić information content (AvgIpc) is 3.19. The summed E-state index contributed by atoms with van der Waals surface area (Å²) in [6.45, 7) is 3.05. The van der Waals surface area contributed by atoms with E-state index < -0.39 is 0 Å². The Morgan fingerprint density at radius 3 is 2.82 bits per heavy atom. The number of ether oxygens (including phenoxy) is 1. The summed E-state index contributed by atoms with van der Waals surface area (Å²) in [5.74, 6) is 0.987. The lowest BCUT2D eigenvalue weighted by molar-refractivity contribution is 0.0845. The van der Waals surface area contributed by atoms with Crippen molar-refractivity contribution in [2.24, 2.45) is 7.05 Å². The molecule has 1 N–H and O–H groups in total. The first-order valence-electron chi connectivity index (χ1n) is 9.73. The van der Waals surface area contributed by atoms with Crippen LogP contribution in [0.2, 0.25) is 0 Å². The van der Waals surface area contributed by atoms with Gasteiger partial charge in [0, 0.05) is 69.5 Å². The van der Waals surface area contributed by atoms with Crippen molar-refractivity contribution in [3.63, 3.8) is 0 Å². The van der Waals surface area contributed by atoms with Gasteiger partial charge in [0.1, 0.15) is 0 Å². The molecule has 0 radical (unpaired) electrons. The first-order valence-corrected chi connectivity index (χ1v) is 9.73. The van der Waals surface area contributed by atoms with Gasteiger partial charge in [-0.05, 0) is 31.4 Å². The van der Waals surface area contributed by atoms with Crippen LogP contribution in [0.5, 0.6) is 0 Å². The molecule has 2 fully saturated rings. The third-order valence-corrected chi connectivity index (χ3v) is 5.46. The highest BCUT2D eigenvalue weighted by Crippen LogP contribution is 2.26. The average molecular weight is 383 g/mol. The fraction of sp³-hybridized carbons (Fsp3) is 0.500. The Hall–Kier alpha value is -2.74. The van der Waals surface area contributed by atoms with Gasteiger partial charge in [0.2, 0.25) is 11.5 Å². The number of nitrogens with one attached hydrogen (secondary N) is 1. The van der Waals surface area contributed by atoms with Crippen molar-refractivity contribution >= 4 is 11.9 Å². The second-order valence-electron chi connectivity index (χ2n) is 7.44. The number of hydrogen-bond acceptors (Lipinski definition) is 6. The number of rotatable bonds is 4. The van der Waals surface area contributed by atoms with Gasteiger partial charge in [0.05, 0.1) is 5.56 Å². The number of aryl methyl sites for hydroxylation is 1. The van der Waals surface area contributed by atoms with E-state index in [0.717, 1.165) is 50.7 Å². The van der Waals surface area contributed by atoms with Gasteiger partial charge < -0.3 is 19.5 Å². The van der Waals surface area contributed by atoms with Crippen LogP contribution in [-0.2, 0) is 11.8 Å². The third kappa shape index (κ3) is 4.06. The molecule has 28 heavy (non-hydrogen) atoms. The Bertz CT molecular complexity index is 907. The third-order valence-electron chi connectivity index (χ3n) is 5.46. The molecule has 2 aliphatic rings. The van der Waals surface area contributed by atoms with E-state index in [0.29, 0.717) is 18.0 Å². The molecule has 2 aliphatic heterocycles. The molecule has 2 aromatic rings. The lowest BCUT2D eigenvalue weighted by atomic mass is 9.96. The number of amides is 1. The minimum absolute atomic E-state index is 0.0278. The van der Waals surface area contributed by atoms with Crippen molar-refractivity contribution < 1.29 is 9.53 Å². The van der Waals surface area contributed by atoms with Crippen molar-refractivity contribution in [3.05, 3.63) is 52.2 Å². The van der Waals surface area contributed by atoms with Gasteiger partial charge in [-0.15, -0.1) is 0 Å². The van der Waals surface area contributed by atoms with E-state index in [-0.39, 0.29) is 17.5 Å². The largest absolute Gasteiger partial charge is 0.381 e. The summed E-state index contributed by atoms with van der Waals surface area (Å²) in [5, 5.41) is 3.05. The first kappa shape index (κ1) is 18.6. The van der Waals surface area contributed by atoms with E-state index in [2.05, 4.69) is 15.2 Å². The van der Waals surface area contributed by atoms with E-state index in [1.165, 1.54) is 10.6 Å². The maximum absolute atomic E-state index is 12.5. The zero-order chi connectivity index (χ0) is 19.5. The number of hydrogen-bond donors (Lipinski definition) is 1. The summed E-state index contributed by atoms with van der Waals surface area (Å²) < 4.78 is 6.85. The smallest absolute Gasteiger partial charge is 0.253 e. The summed E-state index contributed by atoms with van der Waals surface area (Å²) in [6.07, 6.45) is 6.21. The quantitative estimate of drug-likeness (QED) is 0.850. The second kappa shape index (κ2) is 8.10. The SMILES string of the molecule is Cn1cc(C(=O)NC2CCN(c3nccc(C4CCOCC4)n3)C2)ccc1=O. The molecule has 1 unspecified atom stereocenters. The van der Waals surface area contributed by atoms with Crippen LogP contribution < -0.4 is 15.8 Å². The van der Waals surface area contributed by atoms with Gasteiger partial charge >= 0.3 is 0 Å². The molecule has 0 aromatic carbocycles. The fourth-order valence-corrected chi connectivity index (χ4v) is 3.79. The monoisotopic (exact) mass is 383 g/mol. The Morgan fingerprint density at radius 1 is 1.21 bits per heavy atom. The zero-order valence-electron chi connectivity index (χ0n) is 16.0. The predicted molar refractivity (Wildman–Crippen MR) is 105 cm³/mol. The number of nitrogens with zero attached hydrogens (tertiary/aromatic N) is 4. The van der Waals surface area contributed by atoms with Gasteiger partial charge in [-0.1, -0.05) is 0 Å². The maximum Gasteiger partial charge on any atom is 0.253 e. The second-order valence-corrected chi connectivity index (χ2v) is 7.44. The molecule has 8 heteroatoms. The van der Waals surface area contributed by atoms with Gasteiger partial charge in [0.25, 0.3) is 5.91 Å². The summed E-state index contributed by atoms with van der Waals surface area (Å²) in [5.41, 5.74) is 1.43. The molecule has 0 bridgehead atoms.